The summed E-state index contributed by atoms with van der Waals surface area (Å²) in [7, 11) is 2.06. The number of benzene rings is 1. The number of anilines is 3. The molecule has 0 saturated heterocycles. The zero-order valence-corrected chi connectivity index (χ0v) is 19.7. The first kappa shape index (κ1) is 21.3. The van der Waals surface area contributed by atoms with E-state index in [2.05, 4.69) is 37.1 Å². The summed E-state index contributed by atoms with van der Waals surface area (Å²) in [6.07, 6.45) is 3.33. The molecule has 0 amide bonds. The molecule has 34 heavy (non-hydrogen) atoms. The number of rotatable bonds is 3. The van der Waals surface area contributed by atoms with Gasteiger partial charge in [-0.2, -0.15) is 5.10 Å². The number of aliphatic hydroxyl groups is 1. The van der Waals surface area contributed by atoms with Crippen LogP contribution in [0.4, 0.5) is 21.7 Å². The fourth-order valence-corrected chi connectivity index (χ4v) is 5.35. The van der Waals surface area contributed by atoms with Crippen LogP contribution < -0.4 is 10.6 Å². The molecule has 0 unspecified atom stereocenters. The molecule has 8 nitrogen and oxygen atoms in total. The lowest BCUT2D eigenvalue weighted by Gasteiger charge is -2.25. The molecule has 4 aromatic rings. The predicted molar refractivity (Wildman–Crippen MR) is 132 cm³/mol. The molecule has 2 aliphatic heterocycles. The summed E-state index contributed by atoms with van der Waals surface area (Å²) in [5.41, 5.74) is 4.60. The standard InChI is InChI=1S/C24H24FN7OS/c1-13-18(10-28-24-20(33)3-4-26-23(13)24)17-5-14-7-21(27-9-15(14)6-19(17)25)29-22-8-16-11-31(2)34-12-32(16)30-22/h5-10,20,26,33H,3-4,11-12H2,1-2H3,(H,27,29,30)/t20-/m0/s1. The fraction of sp³-hybridized carbons (Fsp3) is 0.292. The lowest BCUT2D eigenvalue weighted by atomic mass is 9.95. The number of pyridine rings is 2. The molecule has 6 rings (SSSR count). The summed E-state index contributed by atoms with van der Waals surface area (Å²) in [5, 5.41) is 23.0. The highest BCUT2D eigenvalue weighted by Gasteiger charge is 2.23. The van der Waals surface area contributed by atoms with Gasteiger partial charge >= 0.3 is 0 Å². The Balaban J connectivity index is 1.36. The van der Waals surface area contributed by atoms with Gasteiger partial charge in [-0.15, -0.1) is 0 Å². The maximum atomic E-state index is 15.1. The van der Waals surface area contributed by atoms with Crippen LogP contribution in [-0.2, 0) is 12.4 Å². The van der Waals surface area contributed by atoms with Gasteiger partial charge in [-0.25, -0.2) is 13.7 Å². The third kappa shape index (κ3) is 3.67. The molecule has 10 heteroatoms. The SMILES string of the molecule is Cc1c(-c2cc3cc(Nc4cc5n(n4)CSN(C)C5)ncc3cc2F)cnc2c1NCC[C@@H]2O. The Morgan fingerprint density at radius 3 is 2.88 bits per heavy atom. The molecule has 0 saturated carbocycles. The highest BCUT2D eigenvalue weighted by Crippen LogP contribution is 2.38. The monoisotopic (exact) mass is 477 g/mol. The minimum Gasteiger partial charge on any atom is -0.387 e. The Labute approximate surface area is 200 Å². The van der Waals surface area contributed by atoms with Crippen LogP contribution in [0.25, 0.3) is 21.9 Å². The summed E-state index contributed by atoms with van der Waals surface area (Å²) >= 11 is 1.72. The molecule has 2 aliphatic rings. The number of aromatic nitrogens is 4. The normalized spacial score (nSPS) is 17.8. The van der Waals surface area contributed by atoms with Gasteiger partial charge in [-0.05, 0) is 49.5 Å². The Hall–Kier alpha value is -3.21. The molecule has 3 aromatic heterocycles. The molecule has 1 aromatic carbocycles. The minimum atomic E-state index is -0.599. The number of nitrogens with one attached hydrogen (secondary N) is 2. The van der Waals surface area contributed by atoms with Crippen molar-refractivity contribution in [2.45, 2.75) is 31.9 Å². The zero-order valence-electron chi connectivity index (χ0n) is 18.8. The number of nitrogens with zero attached hydrogens (tertiary/aromatic N) is 5. The molecule has 0 aliphatic carbocycles. The topological polar surface area (TPSA) is 91.1 Å². The van der Waals surface area contributed by atoms with Gasteiger partial charge in [0.25, 0.3) is 0 Å². The van der Waals surface area contributed by atoms with Gasteiger partial charge in [-0.1, -0.05) is 11.9 Å². The van der Waals surface area contributed by atoms with Gasteiger partial charge in [0, 0.05) is 41.5 Å². The van der Waals surface area contributed by atoms with E-state index in [4.69, 9.17) is 0 Å². The second kappa shape index (κ2) is 8.23. The van der Waals surface area contributed by atoms with Gasteiger partial charge in [-0.3, -0.25) is 9.67 Å². The fourth-order valence-electron chi connectivity index (χ4n) is 4.59. The highest BCUT2D eigenvalue weighted by atomic mass is 32.2. The van der Waals surface area contributed by atoms with Crippen molar-refractivity contribution in [3.63, 3.8) is 0 Å². The van der Waals surface area contributed by atoms with E-state index in [9.17, 15) is 5.11 Å². The number of fused-ring (bicyclic) bond motifs is 3. The van der Waals surface area contributed by atoms with E-state index in [1.165, 1.54) is 6.07 Å². The van der Waals surface area contributed by atoms with Crippen molar-refractivity contribution >= 4 is 40.0 Å². The van der Waals surface area contributed by atoms with Crippen LogP contribution in [0.15, 0.2) is 36.7 Å². The average Bonchev–Trinajstić information content (AvgIpc) is 3.21. The second-order valence-corrected chi connectivity index (χ2v) is 9.87. The number of hydrogen-bond donors (Lipinski definition) is 3. The molecule has 0 fully saturated rings. The van der Waals surface area contributed by atoms with Gasteiger partial charge in [0.05, 0.1) is 29.7 Å². The first-order chi connectivity index (χ1) is 16.5. The van der Waals surface area contributed by atoms with Crippen LogP contribution in [-0.4, -0.2) is 42.8 Å². The Morgan fingerprint density at radius 2 is 2.00 bits per heavy atom. The maximum Gasteiger partial charge on any atom is 0.153 e. The summed E-state index contributed by atoms with van der Waals surface area (Å²) in [5.74, 6) is 1.83. The number of hydrogen-bond acceptors (Lipinski definition) is 8. The number of aliphatic hydroxyl groups excluding tert-OH is 1. The third-order valence-electron chi connectivity index (χ3n) is 6.41. The highest BCUT2D eigenvalue weighted by molar-refractivity contribution is 7.96. The van der Waals surface area contributed by atoms with Crippen molar-refractivity contribution in [1.82, 2.24) is 24.1 Å². The zero-order chi connectivity index (χ0) is 23.4. The Kier molecular flexibility index (Phi) is 5.16. The molecular weight excluding hydrogens is 453 g/mol. The molecule has 0 radical (unpaired) electrons. The lowest BCUT2D eigenvalue weighted by molar-refractivity contribution is 0.163. The molecule has 3 N–H and O–H groups in total. The quantitative estimate of drug-likeness (QED) is 0.369. The predicted octanol–water partition coefficient (Wildman–Crippen LogP) is 4.58. The van der Waals surface area contributed by atoms with Crippen LogP contribution in [0.3, 0.4) is 0 Å². The second-order valence-electron chi connectivity index (χ2n) is 8.73. The van der Waals surface area contributed by atoms with Crippen molar-refractivity contribution in [3.05, 3.63) is 59.4 Å². The van der Waals surface area contributed by atoms with Crippen LogP contribution in [0.1, 0.15) is 29.5 Å². The maximum absolute atomic E-state index is 15.1. The van der Waals surface area contributed by atoms with Crippen molar-refractivity contribution < 1.29 is 9.50 Å². The molecule has 0 spiro atoms. The number of halogens is 1. The van der Waals surface area contributed by atoms with Gasteiger partial charge in [0.1, 0.15) is 17.5 Å². The van der Waals surface area contributed by atoms with E-state index < -0.39 is 6.10 Å². The van der Waals surface area contributed by atoms with Crippen molar-refractivity contribution in [1.29, 1.82) is 0 Å². The first-order valence-corrected chi connectivity index (χ1v) is 12.1. The lowest BCUT2D eigenvalue weighted by Crippen LogP contribution is -2.20. The van der Waals surface area contributed by atoms with Gasteiger partial charge in [0.2, 0.25) is 0 Å². The first-order valence-electron chi connectivity index (χ1n) is 11.1. The van der Waals surface area contributed by atoms with Gasteiger partial charge in [0.15, 0.2) is 5.82 Å². The van der Waals surface area contributed by atoms with E-state index in [0.29, 0.717) is 41.0 Å². The van der Waals surface area contributed by atoms with Crippen molar-refractivity contribution in [3.8, 4) is 11.1 Å². The summed E-state index contributed by atoms with van der Waals surface area (Å²) < 4.78 is 19.3. The summed E-state index contributed by atoms with van der Waals surface area (Å²) in [4.78, 5) is 8.91. The smallest absolute Gasteiger partial charge is 0.153 e. The average molecular weight is 478 g/mol. The molecule has 0 bridgehead atoms. The molecular formula is C24H24FN7OS. The Morgan fingerprint density at radius 1 is 1.12 bits per heavy atom. The van der Waals surface area contributed by atoms with E-state index >= 15 is 4.39 Å². The van der Waals surface area contributed by atoms with E-state index in [0.717, 1.165) is 40.6 Å². The van der Waals surface area contributed by atoms with Crippen LogP contribution >= 0.6 is 11.9 Å². The van der Waals surface area contributed by atoms with Crippen molar-refractivity contribution in [2.75, 3.05) is 24.2 Å². The van der Waals surface area contributed by atoms with Crippen LogP contribution in [0.5, 0.6) is 0 Å². The van der Waals surface area contributed by atoms with Crippen molar-refractivity contribution in [2.24, 2.45) is 0 Å². The molecule has 5 heterocycles. The van der Waals surface area contributed by atoms with Crippen LogP contribution in [0.2, 0.25) is 0 Å². The van der Waals surface area contributed by atoms with Crippen LogP contribution in [0, 0.1) is 12.7 Å². The summed E-state index contributed by atoms with van der Waals surface area (Å²) in [6.45, 7) is 3.42. The van der Waals surface area contributed by atoms with E-state index in [1.807, 2.05) is 29.8 Å². The molecule has 1 atom stereocenters. The van der Waals surface area contributed by atoms with E-state index in [-0.39, 0.29) is 5.82 Å². The Bertz CT molecular complexity index is 1420. The largest absolute Gasteiger partial charge is 0.387 e. The van der Waals surface area contributed by atoms with E-state index in [1.54, 1.807) is 24.3 Å². The minimum absolute atomic E-state index is 0.334. The van der Waals surface area contributed by atoms with Gasteiger partial charge < -0.3 is 15.7 Å². The third-order valence-corrected chi connectivity index (χ3v) is 7.34. The summed E-state index contributed by atoms with van der Waals surface area (Å²) in [6, 6.07) is 7.27. The molecule has 174 valence electrons.